The highest BCUT2D eigenvalue weighted by atomic mass is 35.5. The minimum absolute atomic E-state index is 0.0365. The highest BCUT2D eigenvalue weighted by Gasteiger charge is 2.48. The van der Waals surface area contributed by atoms with Gasteiger partial charge in [-0.15, -0.1) is 0 Å². The molecule has 4 N–H and O–H groups in total. The van der Waals surface area contributed by atoms with Crippen LogP contribution < -0.4 is 16.0 Å². The molecule has 0 aromatic heterocycles. The standard InChI is InChI=1S/C38H50ClN3O7/c1-22-11-12-25(17-27(22)39)18-28-34(45)40-21-38(6,7)36(47)42-29(19-37(3,4)5)35(46)48-30(9-8-10-31(44)41-28)23(2)32-33(49-32)26-15-13-24(20-43)14-16-26/h8,10-17,23,28-30,32-33,43H,9,18-21H2,1-7H3,(H,40,45)(H,41,44)(H,42,47)/b10-8+/t23-,28+,29-,30-,32+,33+/m0/s1. The summed E-state index contributed by atoms with van der Waals surface area (Å²) in [5, 5.41) is 18.5. The first kappa shape index (κ1) is 38.1. The molecule has 1 saturated heterocycles. The van der Waals surface area contributed by atoms with Crippen molar-refractivity contribution in [3.05, 3.63) is 81.9 Å². The summed E-state index contributed by atoms with van der Waals surface area (Å²) in [7, 11) is 0. The fourth-order valence-corrected chi connectivity index (χ4v) is 6.03. The maximum Gasteiger partial charge on any atom is 0.328 e. The minimum atomic E-state index is -1.10. The first-order chi connectivity index (χ1) is 23.0. The van der Waals surface area contributed by atoms with Gasteiger partial charge in [-0.3, -0.25) is 14.4 Å². The van der Waals surface area contributed by atoms with E-state index < -0.39 is 47.3 Å². The lowest BCUT2D eigenvalue weighted by Crippen LogP contribution is -2.54. The van der Waals surface area contributed by atoms with Gasteiger partial charge in [0.1, 0.15) is 24.3 Å². The normalized spacial score (nSPS) is 26.5. The van der Waals surface area contributed by atoms with Gasteiger partial charge in [0.05, 0.1) is 18.1 Å². The van der Waals surface area contributed by atoms with Crippen molar-refractivity contribution in [1.82, 2.24) is 16.0 Å². The quantitative estimate of drug-likeness (QED) is 0.239. The number of aryl methyl sites for hydroxylation is 1. The van der Waals surface area contributed by atoms with Gasteiger partial charge in [0.15, 0.2) is 0 Å². The zero-order chi connectivity index (χ0) is 36.1. The van der Waals surface area contributed by atoms with Crippen LogP contribution in [0.15, 0.2) is 54.6 Å². The molecule has 0 bridgehead atoms. The van der Waals surface area contributed by atoms with Gasteiger partial charge >= 0.3 is 5.97 Å². The van der Waals surface area contributed by atoms with Gasteiger partial charge in [-0.1, -0.05) is 81.8 Å². The van der Waals surface area contributed by atoms with Crippen molar-refractivity contribution in [2.45, 2.75) is 105 Å². The Morgan fingerprint density at radius 3 is 2.31 bits per heavy atom. The van der Waals surface area contributed by atoms with Crippen LogP contribution in [0.1, 0.15) is 82.7 Å². The number of hydrogen-bond donors (Lipinski definition) is 4. The molecule has 0 radical (unpaired) electrons. The topological polar surface area (TPSA) is 146 Å². The molecule has 2 aromatic rings. The SMILES string of the molecule is Cc1ccc(C[C@H]2NC(=O)/C=C/C[C@@H]([C@H](C)[C@H]3O[C@@H]3c3ccc(CO)cc3)OC(=O)[C@H](CC(C)(C)C)NC(=O)C(C)(C)CNC2=O)cc1Cl. The van der Waals surface area contributed by atoms with E-state index in [0.717, 1.165) is 22.3 Å². The molecule has 49 heavy (non-hydrogen) atoms. The minimum Gasteiger partial charge on any atom is -0.460 e. The van der Waals surface area contributed by atoms with Crippen molar-refractivity contribution in [3.63, 3.8) is 0 Å². The molecule has 4 rings (SSSR count). The fourth-order valence-electron chi connectivity index (χ4n) is 5.83. The van der Waals surface area contributed by atoms with E-state index in [9.17, 15) is 24.3 Å². The Morgan fingerprint density at radius 1 is 1.00 bits per heavy atom. The number of esters is 1. The van der Waals surface area contributed by atoms with Crippen molar-refractivity contribution in [1.29, 1.82) is 0 Å². The Hall–Kier alpha value is -3.73. The van der Waals surface area contributed by atoms with Crippen molar-refractivity contribution in [2.75, 3.05) is 6.54 Å². The summed E-state index contributed by atoms with van der Waals surface area (Å²) in [5.41, 5.74) is 1.97. The van der Waals surface area contributed by atoms with Crippen LogP contribution in [-0.4, -0.2) is 59.6 Å². The third-order valence-electron chi connectivity index (χ3n) is 9.06. The smallest absolute Gasteiger partial charge is 0.328 e. The highest BCUT2D eigenvalue weighted by molar-refractivity contribution is 6.31. The number of aliphatic hydroxyl groups is 1. The number of cyclic esters (lactones) is 1. The fraction of sp³-hybridized carbons (Fsp3) is 0.526. The largest absolute Gasteiger partial charge is 0.460 e. The number of amides is 3. The Balaban J connectivity index is 1.62. The van der Waals surface area contributed by atoms with E-state index in [1.54, 1.807) is 26.0 Å². The second-order valence-corrected chi connectivity index (χ2v) is 15.5. The third kappa shape index (κ3) is 10.6. The van der Waals surface area contributed by atoms with E-state index in [0.29, 0.717) is 11.4 Å². The Labute approximate surface area is 294 Å². The molecule has 10 nitrogen and oxygen atoms in total. The van der Waals surface area contributed by atoms with Gasteiger partial charge in [-0.2, -0.15) is 0 Å². The van der Waals surface area contributed by atoms with Crippen LogP contribution >= 0.6 is 11.6 Å². The number of carbonyl (C=O) groups excluding carboxylic acids is 4. The van der Waals surface area contributed by atoms with Crippen molar-refractivity contribution in [2.24, 2.45) is 16.7 Å². The molecule has 2 aliphatic heterocycles. The molecule has 11 heteroatoms. The first-order valence-corrected chi connectivity index (χ1v) is 17.2. The Morgan fingerprint density at radius 2 is 1.67 bits per heavy atom. The van der Waals surface area contributed by atoms with Gasteiger partial charge in [-0.25, -0.2) is 4.79 Å². The zero-order valence-electron chi connectivity index (χ0n) is 29.5. The van der Waals surface area contributed by atoms with Crippen LogP contribution in [0, 0.1) is 23.7 Å². The lowest BCUT2D eigenvalue weighted by atomic mass is 9.86. The molecular formula is C38H50ClN3O7. The summed E-state index contributed by atoms with van der Waals surface area (Å²) in [4.78, 5) is 54.2. The molecule has 266 valence electrons. The average Bonchev–Trinajstić information content (AvgIpc) is 3.84. The summed E-state index contributed by atoms with van der Waals surface area (Å²) < 4.78 is 12.2. The lowest BCUT2D eigenvalue weighted by Gasteiger charge is -2.32. The number of nitrogens with one attached hydrogen (secondary N) is 3. The van der Waals surface area contributed by atoms with Crippen molar-refractivity contribution in [3.8, 4) is 0 Å². The molecule has 2 heterocycles. The lowest BCUT2D eigenvalue weighted by molar-refractivity contribution is -0.157. The van der Waals surface area contributed by atoms with Gasteiger partial charge in [0, 0.05) is 30.3 Å². The van der Waals surface area contributed by atoms with Gasteiger partial charge in [0.25, 0.3) is 0 Å². The van der Waals surface area contributed by atoms with Crippen molar-refractivity contribution < 1.29 is 33.8 Å². The van der Waals surface area contributed by atoms with E-state index in [4.69, 9.17) is 21.1 Å². The number of aliphatic hydroxyl groups excluding tert-OH is 1. The van der Waals surface area contributed by atoms with Gasteiger partial charge in [0.2, 0.25) is 17.7 Å². The molecule has 0 unspecified atom stereocenters. The van der Waals surface area contributed by atoms with E-state index in [2.05, 4.69) is 16.0 Å². The Kier molecular flexibility index (Phi) is 12.3. The van der Waals surface area contributed by atoms with E-state index in [1.165, 1.54) is 6.08 Å². The highest BCUT2D eigenvalue weighted by Crippen LogP contribution is 2.45. The maximum absolute atomic E-state index is 13.8. The summed E-state index contributed by atoms with van der Waals surface area (Å²) in [6.07, 6.45) is 2.52. The molecule has 2 aromatic carbocycles. The molecule has 1 fully saturated rings. The second-order valence-electron chi connectivity index (χ2n) is 15.1. The van der Waals surface area contributed by atoms with Crippen LogP contribution in [0.2, 0.25) is 5.02 Å². The number of halogens is 1. The zero-order valence-corrected chi connectivity index (χ0v) is 30.2. The molecule has 6 atom stereocenters. The van der Waals surface area contributed by atoms with Crippen LogP contribution in [-0.2, 0) is 41.7 Å². The molecule has 0 saturated carbocycles. The predicted molar refractivity (Wildman–Crippen MR) is 187 cm³/mol. The second kappa shape index (κ2) is 15.9. The monoisotopic (exact) mass is 695 g/mol. The molecule has 0 spiro atoms. The van der Waals surface area contributed by atoms with Crippen LogP contribution in [0.3, 0.4) is 0 Å². The average molecular weight is 696 g/mol. The molecular weight excluding hydrogens is 646 g/mol. The first-order valence-electron chi connectivity index (χ1n) is 16.8. The molecule has 0 aliphatic carbocycles. The summed E-state index contributed by atoms with van der Waals surface area (Å²) in [6, 6.07) is 11.1. The number of rotatable bonds is 7. The van der Waals surface area contributed by atoms with Crippen molar-refractivity contribution >= 4 is 35.3 Å². The number of ether oxygens (including phenoxy) is 2. The maximum atomic E-state index is 13.8. The number of epoxide rings is 1. The van der Waals surface area contributed by atoms with Gasteiger partial charge < -0.3 is 30.5 Å². The Bertz CT molecular complexity index is 1550. The van der Waals surface area contributed by atoms with Crippen LogP contribution in [0.4, 0.5) is 0 Å². The van der Waals surface area contributed by atoms with Crippen LogP contribution in [0.5, 0.6) is 0 Å². The van der Waals surface area contributed by atoms with E-state index in [1.807, 2.05) is 71.0 Å². The van der Waals surface area contributed by atoms with Crippen LogP contribution in [0.25, 0.3) is 0 Å². The summed E-state index contributed by atoms with van der Waals surface area (Å²) >= 11 is 6.34. The number of carbonyl (C=O) groups is 4. The summed E-state index contributed by atoms with van der Waals surface area (Å²) in [5.74, 6) is -2.21. The molecule has 2 aliphatic rings. The van der Waals surface area contributed by atoms with E-state index >= 15 is 0 Å². The molecule has 3 amide bonds. The number of benzene rings is 2. The predicted octanol–water partition coefficient (Wildman–Crippen LogP) is 4.88. The van der Waals surface area contributed by atoms with Gasteiger partial charge in [-0.05, 0) is 67.0 Å². The number of hydrogen-bond acceptors (Lipinski definition) is 7. The summed E-state index contributed by atoms with van der Waals surface area (Å²) in [6.45, 7) is 13.0. The third-order valence-corrected chi connectivity index (χ3v) is 9.47. The van der Waals surface area contributed by atoms with E-state index in [-0.39, 0.29) is 49.5 Å².